The minimum Gasteiger partial charge on any atom is -0.370 e. The van der Waals surface area contributed by atoms with Crippen LogP contribution in [0.4, 0.5) is 4.79 Å². The van der Waals surface area contributed by atoms with E-state index < -0.39 is 0 Å². The third-order valence-corrected chi connectivity index (χ3v) is 4.91. The molecule has 3 N–H and O–H groups in total. The van der Waals surface area contributed by atoms with Crippen molar-refractivity contribution < 1.29 is 9.59 Å². The second-order valence-corrected chi connectivity index (χ2v) is 7.51. The van der Waals surface area contributed by atoms with Gasteiger partial charge < -0.3 is 16.0 Å². The van der Waals surface area contributed by atoms with Crippen LogP contribution in [0.2, 0.25) is 0 Å². The molecule has 5 heteroatoms. The summed E-state index contributed by atoms with van der Waals surface area (Å²) in [5.74, 6) is 0.0632. The van der Waals surface area contributed by atoms with E-state index in [1.807, 2.05) is 4.90 Å². The molecule has 1 fully saturated rings. The molecule has 0 radical (unpaired) electrons. The molecular formula is C19H29N3O2. The Labute approximate surface area is 144 Å². The van der Waals surface area contributed by atoms with Gasteiger partial charge in [0.1, 0.15) is 0 Å². The number of hydrogen-bond acceptors (Lipinski definition) is 2. The number of carbonyl (C=O) groups excluding carboxylic acids is 2. The van der Waals surface area contributed by atoms with Gasteiger partial charge in [0.25, 0.3) is 0 Å². The Morgan fingerprint density at radius 2 is 1.79 bits per heavy atom. The van der Waals surface area contributed by atoms with Crippen LogP contribution in [-0.4, -0.2) is 36.5 Å². The Hall–Kier alpha value is -2.04. The second kappa shape index (κ2) is 7.69. The second-order valence-electron chi connectivity index (χ2n) is 7.51. The molecule has 1 aromatic rings. The Balaban J connectivity index is 1.82. The number of primary amides is 1. The predicted octanol–water partition coefficient (Wildman–Crippen LogP) is 2.57. The van der Waals surface area contributed by atoms with Crippen molar-refractivity contribution in [3.63, 3.8) is 0 Å². The molecule has 0 bridgehead atoms. The van der Waals surface area contributed by atoms with Gasteiger partial charge in [0.05, 0.1) is 0 Å². The van der Waals surface area contributed by atoms with Gasteiger partial charge in [-0.2, -0.15) is 0 Å². The number of nitrogens with one attached hydrogen (secondary N) is 1. The first kappa shape index (κ1) is 18.3. The molecule has 0 spiro atoms. The molecule has 1 aliphatic heterocycles. The molecule has 1 aromatic carbocycles. The number of hydrogen-bond donors (Lipinski definition) is 2. The molecule has 0 aromatic heterocycles. The Bertz CT molecular complexity index is 573. The largest absolute Gasteiger partial charge is 0.370 e. The fraction of sp³-hybridized carbons (Fsp3) is 0.579. The van der Waals surface area contributed by atoms with Crippen LogP contribution in [0.3, 0.4) is 0 Å². The van der Waals surface area contributed by atoms with Crippen molar-refractivity contribution in [3.8, 4) is 0 Å². The van der Waals surface area contributed by atoms with Gasteiger partial charge in [0, 0.05) is 31.5 Å². The first-order valence-corrected chi connectivity index (χ1v) is 8.66. The molecule has 5 nitrogen and oxygen atoms in total. The Morgan fingerprint density at radius 3 is 2.33 bits per heavy atom. The maximum atomic E-state index is 12.4. The number of benzene rings is 1. The minimum atomic E-state index is -0.252. The lowest BCUT2D eigenvalue weighted by atomic mass is 9.84. The van der Waals surface area contributed by atoms with E-state index in [4.69, 9.17) is 5.73 Å². The zero-order valence-electron chi connectivity index (χ0n) is 15.0. The van der Waals surface area contributed by atoms with E-state index in [1.165, 1.54) is 11.1 Å². The lowest BCUT2D eigenvalue weighted by Crippen LogP contribution is -2.47. The van der Waals surface area contributed by atoms with E-state index in [-0.39, 0.29) is 17.4 Å². The highest BCUT2D eigenvalue weighted by atomic mass is 16.2. The van der Waals surface area contributed by atoms with Crippen LogP contribution in [0, 0.1) is 12.8 Å². The number of aryl methyl sites for hydroxylation is 1. The standard InChI is InChI=1S/C19H29N3O2/c1-14-4-6-16(7-5-14)19(2,3)13-21-18(24)22-10-8-15(9-11-22)12-17(20)23/h4-7,15H,8-13H2,1-3H3,(H2,20,23)(H,21,24). The smallest absolute Gasteiger partial charge is 0.317 e. The van der Waals surface area contributed by atoms with Crippen molar-refractivity contribution in [2.75, 3.05) is 19.6 Å². The molecule has 132 valence electrons. The lowest BCUT2D eigenvalue weighted by Gasteiger charge is -2.33. The normalized spacial score (nSPS) is 16.0. The van der Waals surface area contributed by atoms with E-state index in [0.717, 1.165) is 12.8 Å². The summed E-state index contributed by atoms with van der Waals surface area (Å²) in [6.45, 7) is 8.31. The highest BCUT2D eigenvalue weighted by molar-refractivity contribution is 5.75. The van der Waals surface area contributed by atoms with Gasteiger partial charge in [-0.05, 0) is 31.2 Å². The van der Waals surface area contributed by atoms with Crippen LogP contribution in [0.15, 0.2) is 24.3 Å². The molecule has 24 heavy (non-hydrogen) atoms. The van der Waals surface area contributed by atoms with Crippen molar-refractivity contribution in [1.82, 2.24) is 10.2 Å². The van der Waals surface area contributed by atoms with Crippen molar-refractivity contribution in [1.29, 1.82) is 0 Å². The molecule has 1 aliphatic rings. The molecular weight excluding hydrogens is 302 g/mol. The first-order valence-electron chi connectivity index (χ1n) is 8.66. The number of nitrogens with zero attached hydrogens (tertiary/aromatic N) is 1. The van der Waals surface area contributed by atoms with Crippen LogP contribution in [0.1, 0.15) is 44.2 Å². The van der Waals surface area contributed by atoms with Gasteiger partial charge in [0.2, 0.25) is 5.91 Å². The number of urea groups is 1. The summed E-state index contributed by atoms with van der Waals surface area (Å²) in [5.41, 5.74) is 7.58. The molecule has 1 heterocycles. The maximum absolute atomic E-state index is 12.4. The summed E-state index contributed by atoms with van der Waals surface area (Å²) in [5, 5.41) is 3.06. The van der Waals surface area contributed by atoms with Gasteiger partial charge in [-0.3, -0.25) is 4.79 Å². The predicted molar refractivity (Wildman–Crippen MR) is 95.7 cm³/mol. The summed E-state index contributed by atoms with van der Waals surface area (Å²) in [4.78, 5) is 25.2. The Kier molecular flexibility index (Phi) is 5.86. The number of rotatable bonds is 5. The molecule has 1 saturated heterocycles. The maximum Gasteiger partial charge on any atom is 0.317 e. The van der Waals surface area contributed by atoms with E-state index in [9.17, 15) is 9.59 Å². The van der Waals surface area contributed by atoms with Crippen molar-refractivity contribution in [2.24, 2.45) is 11.7 Å². The summed E-state index contributed by atoms with van der Waals surface area (Å²) in [6, 6.07) is 8.42. The third kappa shape index (κ3) is 4.98. The highest BCUT2D eigenvalue weighted by Crippen LogP contribution is 2.23. The minimum absolute atomic E-state index is 0.0206. The average Bonchev–Trinajstić information content (AvgIpc) is 2.53. The Morgan fingerprint density at radius 1 is 1.21 bits per heavy atom. The van der Waals surface area contributed by atoms with E-state index >= 15 is 0 Å². The fourth-order valence-electron chi connectivity index (χ4n) is 3.14. The number of piperidine rings is 1. The van der Waals surface area contributed by atoms with Crippen molar-refractivity contribution in [3.05, 3.63) is 35.4 Å². The number of carbonyl (C=O) groups is 2. The van der Waals surface area contributed by atoms with Crippen molar-refractivity contribution >= 4 is 11.9 Å². The monoisotopic (exact) mass is 331 g/mol. The quantitative estimate of drug-likeness (QED) is 0.870. The zero-order chi connectivity index (χ0) is 17.7. The number of likely N-dealkylation sites (tertiary alicyclic amines) is 1. The first-order chi connectivity index (χ1) is 11.3. The SMILES string of the molecule is Cc1ccc(C(C)(C)CNC(=O)N2CCC(CC(N)=O)CC2)cc1. The average molecular weight is 331 g/mol. The summed E-state index contributed by atoms with van der Waals surface area (Å²) in [7, 11) is 0. The zero-order valence-corrected chi connectivity index (χ0v) is 15.0. The van der Waals surface area contributed by atoms with E-state index in [0.29, 0.717) is 32.0 Å². The number of amides is 3. The van der Waals surface area contributed by atoms with Crippen LogP contribution in [-0.2, 0) is 10.2 Å². The van der Waals surface area contributed by atoms with Gasteiger partial charge >= 0.3 is 6.03 Å². The van der Waals surface area contributed by atoms with Crippen LogP contribution in [0.5, 0.6) is 0 Å². The summed E-state index contributed by atoms with van der Waals surface area (Å²) in [6.07, 6.45) is 2.12. The van der Waals surface area contributed by atoms with Crippen LogP contribution < -0.4 is 11.1 Å². The molecule has 0 atom stereocenters. The molecule has 0 saturated carbocycles. The molecule has 0 aliphatic carbocycles. The van der Waals surface area contributed by atoms with Crippen LogP contribution >= 0.6 is 0 Å². The highest BCUT2D eigenvalue weighted by Gasteiger charge is 2.26. The lowest BCUT2D eigenvalue weighted by molar-refractivity contribution is -0.119. The summed E-state index contributed by atoms with van der Waals surface area (Å²) < 4.78 is 0. The van der Waals surface area contributed by atoms with Gasteiger partial charge in [-0.15, -0.1) is 0 Å². The van der Waals surface area contributed by atoms with Gasteiger partial charge in [-0.1, -0.05) is 43.7 Å². The molecule has 3 amide bonds. The van der Waals surface area contributed by atoms with E-state index in [2.05, 4.69) is 50.4 Å². The van der Waals surface area contributed by atoms with Crippen LogP contribution in [0.25, 0.3) is 0 Å². The molecule has 2 rings (SSSR count). The topological polar surface area (TPSA) is 75.4 Å². The summed E-state index contributed by atoms with van der Waals surface area (Å²) >= 11 is 0. The van der Waals surface area contributed by atoms with Crippen molar-refractivity contribution in [2.45, 2.75) is 45.4 Å². The fourth-order valence-corrected chi connectivity index (χ4v) is 3.14. The van der Waals surface area contributed by atoms with E-state index in [1.54, 1.807) is 0 Å². The van der Waals surface area contributed by atoms with Gasteiger partial charge in [-0.25, -0.2) is 4.79 Å². The number of nitrogens with two attached hydrogens (primary N) is 1. The van der Waals surface area contributed by atoms with Gasteiger partial charge in [0.15, 0.2) is 0 Å². The molecule has 0 unspecified atom stereocenters. The third-order valence-electron chi connectivity index (χ3n) is 4.91.